The molecule has 0 amide bonds. The molecule has 0 aliphatic heterocycles. The molecule has 1 aromatic heterocycles. The van der Waals surface area contributed by atoms with E-state index in [-0.39, 0.29) is 10.9 Å². The van der Waals surface area contributed by atoms with Gasteiger partial charge in [-0.25, -0.2) is 18.2 Å². The fraction of sp³-hybridized carbons (Fsp3) is 0.0714. The van der Waals surface area contributed by atoms with Crippen LogP contribution in [0.25, 0.3) is 16.7 Å². The predicted octanol–water partition coefficient (Wildman–Crippen LogP) is 4.84. The molecule has 0 aliphatic rings. The number of aromatic nitrogens is 2. The van der Waals surface area contributed by atoms with Gasteiger partial charge in [0.2, 0.25) is 0 Å². The van der Waals surface area contributed by atoms with Crippen LogP contribution in [0.15, 0.2) is 30.3 Å². The van der Waals surface area contributed by atoms with Crippen LogP contribution in [0.3, 0.4) is 0 Å². The summed E-state index contributed by atoms with van der Waals surface area (Å²) in [5.41, 5.74) is 1.09. The lowest BCUT2D eigenvalue weighted by Crippen LogP contribution is -2.01. The summed E-state index contributed by atoms with van der Waals surface area (Å²) in [7, 11) is 0. The minimum atomic E-state index is -1.01. The molecule has 0 saturated heterocycles. The second kappa shape index (κ2) is 5.24. The van der Waals surface area contributed by atoms with Crippen LogP contribution < -0.4 is 0 Å². The molecule has 7 heteroatoms. The number of alkyl halides is 1. The lowest BCUT2D eigenvalue weighted by atomic mass is 10.2. The van der Waals surface area contributed by atoms with E-state index in [1.807, 2.05) is 0 Å². The number of nitrogens with zero attached hydrogens (tertiary/aromatic N) is 2. The summed E-state index contributed by atoms with van der Waals surface area (Å²) < 4.78 is 41.6. The first-order chi connectivity index (χ1) is 10.0. The van der Waals surface area contributed by atoms with Crippen molar-refractivity contribution in [3.05, 3.63) is 58.6 Å². The maximum atomic E-state index is 13.7. The van der Waals surface area contributed by atoms with Gasteiger partial charge in [-0.2, -0.15) is 0 Å². The van der Waals surface area contributed by atoms with Gasteiger partial charge in [-0.3, -0.25) is 4.57 Å². The first-order valence-electron chi connectivity index (χ1n) is 5.89. The summed E-state index contributed by atoms with van der Waals surface area (Å²) in [6, 6.07) is 5.89. The maximum Gasteiger partial charge on any atom is 0.160 e. The molecule has 0 spiro atoms. The van der Waals surface area contributed by atoms with E-state index >= 15 is 0 Å². The number of benzene rings is 2. The minimum absolute atomic E-state index is 0.0207. The largest absolute Gasteiger partial charge is 0.295 e. The first kappa shape index (κ1) is 14.2. The van der Waals surface area contributed by atoms with Gasteiger partial charge in [-0.1, -0.05) is 11.6 Å². The number of hydrogen-bond donors (Lipinski definition) is 0. The molecule has 2 nitrogen and oxygen atoms in total. The van der Waals surface area contributed by atoms with Crippen LogP contribution in [0, 0.1) is 17.5 Å². The second-order valence-corrected chi connectivity index (χ2v) is 5.02. The Bertz CT molecular complexity index is 846. The van der Waals surface area contributed by atoms with Crippen molar-refractivity contribution in [2.75, 3.05) is 0 Å². The normalized spacial score (nSPS) is 11.3. The Morgan fingerprint density at radius 1 is 1.00 bits per heavy atom. The lowest BCUT2D eigenvalue weighted by molar-refractivity contribution is 0.508. The molecule has 0 aliphatic carbocycles. The number of hydrogen-bond acceptors (Lipinski definition) is 1. The highest BCUT2D eigenvalue weighted by Crippen LogP contribution is 2.27. The number of halogens is 5. The van der Waals surface area contributed by atoms with Crippen molar-refractivity contribution in [1.82, 2.24) is 9.55 Å². The Morgan fingerprint density at radius 2 is 1.76 bits per heavy atom. The van der Waals surface area contributed by atoms with Gasteiger partial charge in [-0.15, -0.1) is 11.6 Å². The summed E-state index contributed by atoms with van der Waals surface area (Å²) in [5, 5.41) is -0.0708. The summed E-state index contributed by atoms with van der Waals surface area (Å²) in [5.74, 6) is -2.21. The molecule has 0 saturated carbocycles. The van der Waals surface area contributed by atoms with Crippen LogP contribution in [0.1, 0.15) is 5.82 Å². The van der Waals surface area contributed by atoms with E-state index in [0.29, 0.717) is 22.5 Å². The van der Waals surface area contributed by atoms with E-state index in [9.17, 15) is 13.2 Å². The fourth-order valence-corrected chi connectivity index (χ4v) is 2.46. The maximum absolute atomic E-state index is 13.7. The molecule has 1 heterocycles. The van der Waals surface area contributed by atoms with Crippen LogP contribution in [0.4, 0.5) is 13.2 Å². The van der Waals surface area contributed by atoms with Crippen LogP contribution in [-0.2, 0) is 5.88 Å². The highest BCUT2D eigenvalue weighted by molar-refractivity contribution is 6.31. The average Bonchev–Trinajstić information content (AvgIpc) is 2.80. The van der Waals surface area contributed by atoms with Crippen molar-refractivity contribution < 1.29 is 13.2 Å². The van der Waals surface area contributed by atoms with Crippen molar-refractivity contribution in [3.8, 4) is 5.69 Å². The first-order valence-corrected chi connectivity index (χ1v) is 6.80. The highest BCUT2D eigenvalue weighted by atomic mass is 35.5. The third-order valence-electron chi connectivity index (χ3n) is 3.05. The Kier molecular flexibility index (Phi) is 3.55. The number of imidazole rings is 1. The Balaban J connectivity index is 2.34. The molecule has 0 bridgehead atoms. The van der Waals surface area contributed by atoms with Crippen LogP contribution in [0.2, 0.25) is 5.02 Å². The average molecular weight is 331 g/mol. The zero-order chi connectivity index (χ0) is 15.1. The minimum Gasteiger partial charge on any atom is -0.295 e. The zero-order valence-electron chi connectivity index (χ0n) is 10.4. The van der Waals surface area contributed by atoms with Gasteiger partial charge in [0, 0.05) is 12.1 Å². The SMILES string of the molecule is Fc1ccc(-n2c(CCl)nc3cc(Cl)c(F)cc32)cc1F. The molecule has 2 aromatic carbocycles. The van der Waals surface area contributed by atoms with Crippen molar-refractivity contribution in [2.45, 2.75) is 5.88 Å². The van der Waals surface area contributed by atoms with Gasteiger partial charge in [0.25, 0.3) is 0 Å². The van der Waals surface area contributed by atoms with Crippen LogP contribution in [0.5, 0.6) is 0 Å². The van der Waals surface area contributed by atoms with E-state index in [1.165, 1.54) is 22.8 Å². The van der Waals surface area contributed by atoms with E-state index in [1.54, 1.807) is 0 Å². The van der Waals surface area contributed by atoms with E-state index < -0.39 is 17.5 Å². The molecular weight excluding hydrogens is 324 g/mol. The van der Waals surface area contributed by atoms with Gasteiger partial charge in [0.05, 0.1) is 27.6 Å². The molecule has 0 radical (unpaired) electrons. The van der Waals surface area contributed by atoms with Crippen LogP contribution >= 0.6 is 23.2 Å². The standard InChI is InChI=1S/C14H7Cl2F3N2/c15-6-14-20-12-4-8(16)10(18)5-13(12)21(14)7-1-2-9(17)11(19)3-7/h1-5H,6H2. The third-order valence-corrected chi connectivity index (χ3v) is 3.58. The van der Waals surface area contributed by atoms with E-state index in [4.69, 9.17) is 23.2 Å². The second-order valence-electron chi connectivity index (χ2n) is 4.35. The molecule has 21 heavy (non-hydrogen) atoms. The molecule has 3 aromatic rings. The molecule has 0 atom stereocenters. The fourth-order valence-electron chi connectivity index (χ4n) is 2.12. The van der Waals surface area contributed by atoms with Gasteiger partial charge >= 0.3 is 0 Å². The summed E-state index contributed by atoms with van der Waals surface area (Å²) in [6.45, 7) is 0. The monoisotopic (exact) mass is 330 g/mol. The summed E-state index contributed by atoms with van der Waals surface area (Å²) in [4.78, 5) is 4.23. The molecule has 0 fully saturated rings. The molecule has 0 N–H and O–H groups in total. The smallest absolute Gasteiger partial charge is 0.160 e. The zero-order valence-corrected chi connectivity index (χ0v) is 11.9. The summed E-state index contributed by atoms with van der Waals surface area (Å²) in [6.07, 6.45) is 0. The van der Waals surface area contributed by atoms with Crippen LogP contribution in [-0.4, -0.2) is 9.55 Å². The van der Waals surface area contributed by atoms with Crippen molar-refractivity contribution >= 4 is 34.2 Å². The van der Waals surface area contributed by atoms with E-state index in [2.05, 4.69) is 4.98 Å². The Labute approximate surface area is 127 Å². The van der Waals surface area contributed by atoms with Crippen molar-refractivity contribution in [3.63, 3.8) is 0 Å². The van der Waals surface area contributed by atoms with Gasteiger partial charge in [0.1, 0.15) is 11.6 Å². The quantitative estimate of drug-likeness (QED) is 0.615. The van der Waals surface area contributed by atoms with Gasteiger partial charge in [-0.05, 0) is 18.2 Å². The Hall–Kier alpha value is -1.72. The van der Waals surface area contributed by atoms with Gasteiger partial charge in [0.15, 0.2) is 11.6 Å². The van der Waals surface area contributed by atoms with Crippen molar-refractivity contribution in [2.24, 2.45) is 0 Å². The topological polar surface area (TPSA) is 17.8 Å². The number of rotatable bonds is 2. The molecule has 3 rings (SSSR count). The highest BCUT2D eigenvalue weighted by Gasteiger charge is 2.15. The molecular formula is C14H7Cl2F3N2. The lowest BCUT2D eigenvalue weighted by Gasteiger charge is -2.08. The van der Waals surface area contributed by atoms with Crippen molar-refractivity contribution in [1.29, 1.82) is 0 Å². The molecule has 108 valence electrons. The molecule has 0 unspecified atom stereocenters. The van der Waals surface area contributed by atoms with E-state index in [0.717, 1.165) is 12.1 Å². The Morgan fingerprint density at radius 3 is 2.43 bits per heavy atom. The summed E-state index contributed by atoms with van der Waals surface area (Å²) >= 11 is 11.5. The third kappa shape index (κ3) is 2.36. The predicted molar refractivity (Wildman–Crippen MR) is 75.5 cm³/mol. The number of fused-ring (bicyclic) bond motifs is 1. The van der Waals surface area contributed by atoms with Gasteiger partial charge < -0.3 is 0 Å².